The van der Waals surface area contributed by atoms with Gasteiger partial charge in [-0.25, -0.2) is 0 Å². The standard InChI is InChI=1S/C14H16N2O3/c1-2-16(8-6-13(17)18)11-3-4-12-10(9-11)5-7-15-14(12)19/h3-5,7,9H,2,6,8H2,1H3,(H,15,19)(H,17,18). The minimum atomic E-state index is -0.810. The summed E-state index contributed by atoms with van der Waals surface area (Å²) < 4.78 is 0. The fourth-order valence-electron chi connectivity index (χ4n) is 2.08. The first-order chi connectivity index (χ1) is 9.11. The highest BCUT2D eigenvalue weighted by Gasteiger charge is 2.08. The minimum Gasteiger partial charge on any atom is -0.481 e. The molecule has 0 aliphatic rings. The van der Waals surface area contributed by atoms with E-state index in [9.17, 15) is 9.59 Å². The maximum Gasteiger partial charge on any atom is 0.305 e. The van der Waals surface area contributed by atoms with Crippen molar-refractivity contribution >= 4 is 22.4 Å². The number of hydrogen-bond acceptors (Lipinski definition) is 3. The lowest BCUT2D eigenvalue weighted by Crippen LogP contribution is -2.25. The maximum absolute atomic E-state index is 11.6. The van der Waals surface area contributed by atoms with Crippen LogP contribution in [0.5, 0.6) is 0 Å². The summed E-state index contributed by atoms with van der Waals surface area (Å²) in [5.41, 5.74) is 0.819. The number of nitrogens with zero attached hydrogens (tertiary/aromatic N) is 1. The number of fused-ring (bicyclic) bond motifs is 1. The molecule has 0 aliphatic heterocycles. The Hall–Kier alpha value is -2.30. The van der Waals surface area contributed by atoms with Crippen molar-refractivity contribution in [2.75, 3.05) is 18.0 Å². The molecule has 0 atom stereocenters. The second kappa shape index (κ2) is 5.56. The third-order valence-electron chi connectivity index (χ3n) is 3.10. The lowest BCUT2D eigenvalue weighted by atomic mass is 10.1. The third kappa shape index (κ3) is 2.93. The second-order valence-electron chi connectivity index (χ2n) is 4.30. The van der Waals surface area contributed by atoms with Crippen LogP contribution in [0.25, 0.3) is 10.8 Å². The van der Waals surface area contributed by atoms with Gasteiger partial charge in [-0.1, -0.05) is 0 Å². The van der Waals surface area contributed by atoms with Crippen LogP contribution in [0.3, 0.4) is 0 Å². The van der Waals surface area contributed by atoms with Crippen molar-refractivity contribution in [3.8, 4) is 0 Å². The van der Waals surface area contributed by atoms with E-state index in [0.29, 0.717) is 11.9 Å². The zero-order chi connectivity index (χ0) is 13.8. The smallest absolute Gasteiger partial charge is 0.305 e. The highest BCUT2D eigenvalue weighted by atomic mass is 16.4. The molecule has 0 amide bonds. The lowest BCUT2D eigenvalue weighted by Gasteiger charge is -2.22. The zero-order valence-electron chi connectivity index (χ0n) is 10.7. The number of rotatable bonds is 5. The van der Waals surface area contributed by atoms with E-state index >= 15 is 0 Å². The summed E-state index contributed by atoms with van der Waals surface area (Å²) >= 11 is 0. The molecule has 2 aromatic rings. The van der Waals surface area contributed by atoms with Crippen molar-refractivity contribution in [3.63, 3.8) is 0 Å². The molecule has 5 heteroatoms. The van der Waals surface area contributed by atoms with E-state index in [1.165, 1.54) is 0 Å². The number of aromatic amines is 1. The van der Waals surface area contributed by atoms with E-state index in [1.807, 2.05) is 30.0 Å². The van der Waals surface area contributed by atoms with Crippen molar-refractivity contribution in [1.29, 1.82) is 0 Å². The van der Waals surface area contributed by atoms with Gasteiger partial charge in [0.2, 0.25) is 0 Å². The van der Waals surface area contributed by atoms with Crippen LogP contribution < -0.4 is 10.5 Å². The Bertz CT molecular complexity index is 648. The van der Waals surface area contributed by atoms with Gasteiger partial charge in [-0.2, -0.15) is 0 Å². The maximum atomic E-state index is 11.6. The van der Waals surface area contributed by atoms with Gasteiger partial charge < -0.3 is 15.0 Å². The Balaban J connectivity index is 2.33. The van der Waals surface area contributed by atoms with E-state index in [-0.39, 0.29) is 12.0 Å². The Morgan fingerprint density at radius 3 is 2.84 bits per heavy atom. The highest BCUT2D eigenvalue weighted by molar-refractivity contribution is 5.85. The molecule has 0 fully saturated rings. The van der Waals surface area contributed by atoms with Gasteiger partial charge in [0.05, 0.1) is 6.42 Å². The normalized spacial score (nSPS) is 10.6. The van der Waals surface area contributed by atoms with Crippen molar-refractivity contribution in [1.82, 2.24) is 4.98 Å². The molecule has 2 rings (SSSR count). The molecule has 5 nitrogen and oxygen atoms in total. The molecule has 19 heavy (non-hydrogen) atoms. The van der Waals surface area contributed by atoms with Crippen LogP contribution in [-0.4, -0.2) is 29.1 Å². The largest absolute Gasteiger partial charge is 0.481 e. The number of anilines is 1. The van der Waals surface area contributed by atoms with Crippen LogP contribution in [0.4, 0.5) is 5.69 Å². The summed E-state index contributed by atoms with van der Waals surface area (Å²) in [7, 11) is 0. The first-order valence-corrected chi connectivity index (χ1v) is 6.20. The number of hydrogen-bond donors (Lipinski definition) is 2. The number of aromatic nitrogens is 1. The second-order valence-corrected chi connectivity index (χ2v) is 4.30. The molecule has 100 valence electrons. The summed E-state index contributed by atoms with van der Waals surface area (Å²) in [6.07, 6.45) is 1.71. The Kier molecular flexibility index (Phi) is 3.85. The van der Waals surface area contributed by atoms with Crippen molar-refractivity contribution in [3.05, 3.63) is 40.8 Å². The SMILES string of the molecule is CCN(CCC(=O)O)c1ccc2c(=O)[nH]ccc2c1. The van der Waals surface area contributed by atoms with E-state index in [4.69, 9.17) is 5.11 Å². The summed E-state index contributed by atoms with van der Waals surface area (Å²) in [6.45, 7) is 3.16. The number of H-pyrrole nitrogens is 1. The molecule has 1 aromatic heterocycles. The van der Waals surface area contributed by atoms with Crippen LogP contribution in [0.1, 0.15) is 13.3 Å². The fraction of sp³-hybridized carbons (Fsp3) is 0.286. The molecule has 1 aromatic carbocycles. The predicted molar refractivity (Wildman–Crippen MR) is 74.7 cm³/mol. The van der Waals surface area contributed by atoms with Gasteiger partial charge in [0.25, 0.3) is 5.56 Å². The molecule has 0 unspecified atom stereocenters. The van der Waals surface area contributed by atoms with E-state index in [1.54, 1.807) is 12.3 Å². The van der Waals surface area contributed by atoms with Crippen LogP contribution in [-0.2, 0) is 4.79 Å². The molecule has 2 N–H and O–H groups in total. The average molecular weight is 260 g/mol. The van der Waals surface area contributed by atoms with E-state index in [0.717, 1.165) is 17.6 Å². The molecule has 0 aliphatic carbocycles. The van der Waals surface area contributed by atoms with Gasteiger partial charge in [0.1, 0.15) is 0 Å². The summed E-state index contributed by atoms with van der Waals surface area (Å²) in [4.78, 5) is 26.8. The Morgan fingerprint density at radius 1 is 1.37 bits per heavy atom. The van der Waals surface area contributed by atoms with Crippen molar-refractivity contribution < 1.29 is 9.90 Å². The van der Waals surface area contributed by atoms with Gasteiger partial charge in [-0.05, 0) is 36.6 Å². The van der Waals surface area contributed by atoms with Crippen LogP contribution in [0.2, 0.25) is 0 Å². The summed E-state index contributed by atoms with van der Waals surface area (Å²) in [6, 6.07) is 7.37. The quantitative estimate of drug-likeness (QED) is 0.860. The Morgan fingerprint density at radius 2 is 2.16 bits per heavy atom. The molecule has 0 saturated heterocycles. The molecule has 1 heterocycles. The molecule has 0 radical (unpaired) electrons. The number of benzene rings is 1. The predicted octanol–water partition coefficient (Wildman–Crippen LogP) is 1.83. The van der Waals surface area contributed by atoms with Crippen molar-refractivity contribution in [2.24, 2.45) is 0 Å². The molecule has 0 spiro atoms. The van der Waals surface area contributed by atoms with Gasteiger partial charge in [-0.3, -0.25) is 9.59 Å². The van der Waals surface area contributed by atoms with E-state index < -0.39 is 5.97 Å². The van der Waals surface area contributed by atoms with Crippen molar-refractivity contribution in [2.45, 2.75) is 13.3 Å². The molecular weight excluding hydrogens is 244 g/mol. The number of nitrogens with one attached hydrogen (secondary N) is 1. The van der Waals surface area contributed by atoms with Gasteiger partial charge >= 0.3 is 5.97 Å². The highest BCUT2D eigenvalue weighted by Crippen LogP contribution is 2.20. The number of carboxylic acids is 1. The lowest BCUT2D eigenvalue weighted by molar-refractivity contribution is -0.136. The Labute approximate surface area is 110 Å². The fourth-order valence-corrected chi connectivity index (χ4v) is 2.08. The third-order valence-corrected chi connectivity index (χ3v) is 3.10. The number of carboxylic acid groups (broad SMARTS) is 1. The van der Waals surface area contributed by atoms with E-state index in [2.05, 4.69) is 4.98 Å². The number of aliphatic carboxylic acids is 1. The zero-order valence-corrected chi connectivity index (χ0v) is 10.7. The topological polar surface area (TPSA) is 73.4 Å². The van der Waals surface area contributed by atoms with Crippen LogP contribution >= 0.6 is 0 Å². The first-order valence-electron chi connectivity index (χ1n) is 6.20. The molecular formula is C14H16N2O3. The van der Waals surface area contributed by atoms with Gasteiger partial charge in [0.15, 0.2) is 0 Å². The minimum absolute atomic E-state index is 0.0985. The van der Waals surface area contributed by atoms with Crippen LogP contribution in [0.15, 0.2) is 35.3 Å². The van der Waals surface area contributed by atoms with Gasteiger partial charge in [-0.15, -0.1) is 0 Å². The van der Waals surface area contributed by atoms with Gasteiger partial charge in [0, 0.05) is 30.4 Å². The first kappa shape index (κ1) is 13.1. The average Bonchev–Trinajstić information content (AvgIpc) is 2.39. The summed E-state index contributed by atoms with van der Waals surface area (Å²) in [5.74, 6) is -0.810. The monoisotopic (exact) mass is 260 g/mol. The molecule has 0 bridgehead atoms. The molecule has 0 saturated carbocycles. The number of pyridine rings is 1. The number of carbonyl (C=O) groups is 1. The summed E-state index contributed by atoms with van der Waals surface area (Å²) in [5, 5.41) is 10.2. The van der Waals surface area contributed by atoms with Crippen LogP contribution in [0, 0.1) is 0 Å².